The maximum Gasteiger partial charge on any atom is 0.240 e. The summed E-state index contributed by atoms with van der Waals surface area (Å²) >= 11 is 0. The number of hydrogen-bond acceptors (Lipinski definition) is 7. The number of rotatable bonds is 11. The zero-order valence-corrected chi connectivity index (χ0v) is 29.1. The second kappa shape index (κ2) is 15.8. The third kappa shape index (κ3) is 8.67. The van der Waals surface area contributed by atoms with E-state index in [0.717, 1.165) is 11.1 Å². The summed E-state index contributed by atoms with van der Waals surface area (Å²) in [5, 5.41) is 22.4. The number of H-pyrrole nitrogens is 1. The van der Waals surface area contributed by atoms with Crippen LogP contribution in [0.3, 0.4) is 0 Å². The zero-order chi connectivity index (χ0) is 35.0. The highest BCUT2D eigenvalue weighted by Crippen LogP contribution is 2.30. The standard InChI is InChI=1S/C29H35N5O4S.C9H9N/c1-20-8-13-24(14-9-20)39(35,36)33-18-29(31)34(19-22-10-12-23(37-2)16-27(22)38-3)28(30)15-11-21-17-32-26-7-5-4-6-25(21)26;1-7-6-10-9-5-3-2-4-8(7)9/h4-10,12-14,16-17,25-26,30-33H,11,15,18-19H2,1-3H3;2-6,10H,1H3. The molecule has 0 amide bonds. The van der Waals surface area contributed by atoms with E-state index >= 15 is 0 Å². The average Bonchev–Trinajstić information content (AvgIpc) is 3.72. The molecule has 2 heterocycles. The van der Waals surface area contributed by atoms with Gasteiger partial charge >= 0.3 is 0 Å². The lowest BCUT2D eigenvalue weighted by atomic mass is 9.89. The Morgan fingerprint density at radius 3 is 2.43 bits per heavy atom. The van der Waals surface area contributed by atoms with Gasteiger partial charge in [-0.05, 0) is 67.9 Å². The normalized spacial score (nSPS) is 16.2. The lowest BCUT2D eigenvalue weighted by Gasteiger charge is -2.27. The number of allylic oxidation sites excluding steroid dienone is 2. The van der Waals surface area contributed by atoms with Crippen molar-refractivity contribution in [1.29, 1.82) is 10.8 Å². The topological polar surface area (TPSA) is 143 Å². The van der Waals surface area contributed by atoms with Gasteiger partial charge < -0.3 is 24.7 Å². The van der Waals surface area contributed by atoms with Crippen molar-refractivity contribution in [1.82, 2.24) is 19.9 Å². The van der Waals surface area contributed by atoms with Gasteiger partial charge in [-0.2, -0.15) is 0 Å². The van der Waals surface area contributed by atoms with Crippen LogP contribution in [-0.4, -0.2) is 56.8 Å². The molecule has 49 heavy (non-hydrogen) atoms. The van der Waals surface area contributed by atoms with Crippen molar-refractivity contribution in [2.75, 3.05) is 20.8 Å². The van der Waals surface area contributed by atoms with E-state index in [0.29, 0.717) is 24.3 Å². The van der Waals surface area contributed by atoms with E-state index in [1.165, 1.54) is 39.1 Å². The summed E-state index contributed by atoms with van der Waals surface area (Å²) in [5.41, 5.74) is 5.43. The van der Waals surface area contributed by atoms with Gasteiger partial charge in [0.25, 0.3) is 0 Å². The van der Waals surface area contributed by atoms with Crippen molar-refractivity contribution in [3.63, 3.8) is 0 Å². The number of nitrogens with one attached hydrogen (secondary N) is 5. The first-order chi connectivity index (χ1) is 23.6. The number of fused-ring (bicyclic) bond motifs is 2. The second-order valence-corrected chi connectivity index (χ2v) is 13.8. The van der Waals surface area contributed by atoms with Crippen LogP contribution in [0.25, 0.3) is 10.9 Å². The Bertz CT molecular complexity index is 2000. The van der Waals surface area contributed by atoms with Crippen molar-refractivity contribution in [2.45, 2.75) is 44.2 Å². The summed E-state index contributed by atoms with van der Waals surface area (Å²) in [6, 6.07) is 20.4. The Morgan fingerprint density at radius 1 is 0.939 bits per heavy atom. The van der Waals surface area contributed by atoms with Crippen LogP contribution in [0.15, 0.2) is 114 Å². The van der Waals surface area contributed by atoms with E-state index in [9.17, 15) is 8.42 Å². The Labute approximate surface area is 288 Å². The third-order valence-corrected chi connectivity index (χ3v) is 10.1. The fourth-order valence-electron chi connectivity index (χ4n) is 5.84. The van der Waals surface area contributed by atoms with Gasteiger partial charge in [0.05, 0.1) is 38.2 Å². The summed E-state index contributed by atoms with van der Waals surface area (Å²) < 4.78 is 39.1. The van der Waals surface area contributed by atoms with Crippen LogP contribution >= 0.6 is 0 Å². The summed E-state index contributed by atoms with van der Waals surface area (Å²) in [6.07, 6.45) is 13.4. The number of aromatic nitrogens is 1. The molecule has 0 bridgehead atoms. The molecule has 4 aromatic rings. The molecule has 1 aromatic heterocycles. The van der Waals surface area contributed by atoms with Crippen molar-refractivity contribution in [3.05, 3.63) is 126 Å². The molecule has 2 atom stereocenters. The lowest BCUT2D eigenvalue weighted by Crippen LogP contribution is -2.42. The predicted octanol–water partition coefficient (Wildman–Crippen LogP) is 6.60. The highest BCUT2D eigenvalue weighted by molar-refractivity contribution is 7.89. The monoisotopic (exact) mass is 680 g/mol. The van der Waals surface area contributed by atoms with Gasteiger partial charge in [0.15, 0.2) is 0 Å². The molecule has 1 aliphatic heterocycles. The van der Waals surface area contributed by atoms with Crippen LogP contribution in [0.2, 0.25) is 0 Å². The summed E-state index contributed by atoms with van der Waals surface area (Å²) in [6.45, 7) is 3.90. The molecule has 0 saturated heterocycles. The van der Waals surface area contributed by atoms with Gasteiger partial charge in [-0.25, -0.2) is 13.1 Å². The highest BCUT2D eigenvalue weighted by atomic mass is 32.2. The van der Waals surface area contributed by atoms with Crippen LogP contribution in [0.1, 0.15) is 29.5 Å². The SMILES string of the molecule is COc1ccc(CN(C(=N)CCC2=CNC3C=CC=CC23)C(=N)CNS(=O)(=O)c2ccc(C)cc2)c(OC)c1.Cc1c[nH]c2ccccc12. The molecule has 5 N–H and O–H groups in total. The van der Waals surface area contributed by atoms with Gasteiger partial charge in [-0.15, -0.1) is 0 Å². The molecule has 0 spiro atoms. The molecule has 0 radical (unpaired) electrons. The number of methoxy groups -OCH3 is 2. The number of sulfonamides is 1. The first-order valence-electron chi connectivity index (χ1n) is 16.1. The summed E-state index contributed by atoms with van der Waals surface area (Å²) in [7, 11) is -0.703. The first kappa shape index (κ1) is 35.2. The van der Waals surface area contributed by atoms with E-state index < -0.39 is 10.0 Å². The minimum atomic E-state index is -3.83. The van der Waals surface area contributed by atoms with E-state index in [1.54, 1.807) is 38.5 Å². The molecule has 10 nitrogen and oxygen atoms in total. The van der Waals surface area contributed by atoms with E-state index in [2.05, 4.69) is 52.3 Å². The van der Waals surface area contributed by atoms with Gasteiger partial charge in [-0.1, -0.05) is 60.2 Å². The van der Waals surface area contributed by atoms with Crippen molar-refractivity contribution >= 4 is 32.6 Å². The van der Waals surface area contributed by atoms with Crippen LogP contribution < -0.4 is 19.5 Å². The third-order valence-electron chi connectivity index (χ3n) is 8.71. The molecular formula is C38H44N6O4S. The number of hydrogen-bond donors (Lipinski definition) is 5. The molecule has 3 aromatic carbocycles. The van der Waals surface area contributed by atoms with Crippen molar-refractivity contribution in [2.24, 2.45) is 5.92 Å². The number of para-hydroxylation sites is 1. The Morgan fingerprint density at radius 2 is 1.69 bits per heavy atom. The number of nitrogens with zero attached hydrogens (tertiary/aromatic N) is 1. The van der Waals surface area contributed by atoms with Crippen molar-refractivity contribution in [3.8, 4) is 11.5 Å². The summed E-state index contributed by atoms with van der Waals surface area (Å²) in [4.78, 5) is 4.84. The number of benzene rings is 3. The molecule has 0 fully saturated rings. The summed E-state index contributed by atoms with van der Waals surface area (Å²) in [5.74, 6) is 1.61. The quantitative estimate of drug-likeness (QED) is 0.0892. The largest absolute Gasteiger partial charge is 0.497 e. The van der Waals surface area contributed by atoms with Gasteiger partial charge in [0.1, 0.15) is 23.2 Å². The van der Waals surface area contributed by atoms with Gasteiger partial charge in [0.2, 0.25) is 10.0 Å². The maximum absolute atomic E-state index is 12.9. The van der Waals surface area contributed by atoms with Gasteiger partial charge in [-0.3, -0.25) is 10.8 Å². The molecule has 1 aliphatic carbocycles. The Balaban J connectivity index is 0.000000396. The Kier molecular flexibility index (Phi) is 11.4. The van der Waals surface area contributed by atoms with Crippen LogP contribution in [0.5, 0.6) is 11.5 Å². The zero-order valence-electron chi connectivity index (χ0n) is 28.3. The molecule has 0 saturated carbocycles. The molecule has 256 valence electrons. The predicted molar refractivity (Wildman–Crippen MR) is 196 cm³/mol. The lowest BCUT2D eigenvalue weighted by molar-refractivity contribution is 0.387. The maximum atomic E-state index is 12.9. The van der Waals surface area contributed by atoms with Crippen molar-refractivity contribution < 1.29 is 17.9 Å². The number of aromatic amines is 1. The molecule has 11 heteroatoms. The molecular weight excluding hydrogens is 637 g/mol. The number of aryl methyl sites for hydroxylation is 2. The molecule has 6 rings (SSSR count). The van der Waals surface area contributed by atoms with E-state index in [1.807, 2.05) is 43.6 Å². The second-order valence-electron chi connectivity index (χ2n) is 12.0. The van der Waals surface area contributed by atoms with Gasteiger partial charge in [0, 0.05) is 41.1 Å². The molecule has 2 unspecified atom stereocenters. The van der Waals surface area contributed by atoms with E-state index in [4.69, 9.17) is 20.3 Å². The first-order valence-corrected chi connectivity index (χ1v) is 17.6. The van der Waals surface area contributed by atoms with E-state index in [-0.39, 0.29) is 41.6 Å². The fourth-order valence-corrected chi connectivity index (χ4v) is 6.83. The van der Waals surface area contributed by atoms with Crippen LogP contribution in [-0.2, 0) is 16.6 Å². The van der Waals surface area contributed by atoms with Crippen LogP contribution in [0.4, 0.5) is 0 Å². The Hall–Kier alpha value is -5.13. The minimum absolute atomic E-state index is 0.0366. The van der Waals surface area contributed by atoms with Crippen LogP contribution in [0, 0.1) is 30.6 Å². The minimum Gasteiger partial charge on any atom is -0.497 e. The highest BCUT2D eigenvalue weighted by Gasteiger charge is 2.28. The molecule has 2 aliphatic rings. The number of amidine groups is 2. The average molecular weight is 681 g/mol. The smallest absolute Gasteiger partial charge is 0.240 e. The number of ether oxygens (including phenoxy) is 2. The fraction of sp³-hybridized carbons (Fsp3) is 0.263.